The molecule has 5 aromatic rings. The molecule has 176 valence electrons. The van der Waals surface area contributed by atoms with Crippen molar-refractivity contribution < 1.29 is 4.79 Å². The van der Waals surface area contributed by atoms with Gasteiger partial charge < -0.3 is 4.90 Å². The van der Waals surface area contributed by atoms with E-state index in [1.165, 1.54) is 11.8 Å². The summed E-state index contributed by atoms with van der Waals surface area (Å²) < 4.78 is 3.50. The van der Waals surface area contributed by atoms with E-state index in [4.69, 9.17) is 0 Å². The second-order valence-electron chi connectivity index (χ2n) is 8.71. The Labute approximate surface area is 207 Å². The first-order valence-electron chi connectivity index (χ1n) is 11.3. The smallest absolute Gasteiger partial charge is 0.267 e. The number of thioether (sulfide) groups is 1. The Morgan fingerprint density at radius 1 is 0.943 bits per heavy atom. The van der Waals surface area contributed by atoms with Crippen molar-refractivity contribution in [2.75, 3.05) is 14.1 Å². The van der Waals surface area contributed by atoms with Gasteiger partial charge in [-0.2, -0.15) is 0 Å². The number of amides is 1. The molecule has 5 rings (SSSR count). The summed E-state index contributed by atoms with van der Waals surface area (Å²) in [5.41, 5.74) is 4.18. The number of likely N-dealkylation sites (N-methyl/N-ethyl adjacent to an activating group) is 1. The fraction of sp³-hybridized carbons (Fsp3) is 0.185. The molecule has 3 aromatic carbocycles. The number of nitrogens with zero attached hydrogens (tertiary/aromatic N) is 5. The first-order valence-corrected chi connectivity index (χ1v) is 12.1. The maximum absolute atomic E-state index is 13.7. The van der Waals surface area contributed by atoms with Crippen LogP contribution < -0.4 is 5.56 Å². The van der Waals surface area contributed by atoms with Crippen molar-refractivity contribution in [3.05, 3.63) is 99.8 Å². The van der Waals surface area contributed by atoms with Crippen molar-refractivity contribution in [3.8, 4) is 5.69 Å². The number of benzene rings is 3. The quantitative estimate of drug-likeness (QED) is 0.343. The molecule has 8 heteroatoms. The van der Waals surface area contributed by atoms with Crippen LogP contribution in [-0.4, -0.2) is 44.1 Å². The zero-order valence-corrected chi connectivity index (χ0v) is 20.8. The molecule has 1 atom stereocenters. The highest BCUT2D eigenvalue weighted by Crippen LogP contribution is 2.36. The molecule has 0 N–H and O–H groups in total. The molecule has 0 aliphatic carbocycles. The van der Waals surface area contributed by atoms with E-state index in [-0.39, 0.29) is 11.5 Å². The average molecular weight is 484 g/mol. The Morgan fingerprint density at radius 3 is 2.40 bits per heavy atom. The van der Waals surface area contributed by atoms with Gasteiger partial charge in [0.15, 0.2) is 5.16 Å². The minimum absolute atomic E-state index is 0.0508. The van der Waals surface area contributed by atoms with Crippen molar-refractivity contribution in [3.63, 3.8) is 0 Å². The predicted molar refractivity (Wildman–Crippen MR) is 139 cm³/mol. The molecule has 0 aliphatic heterocycles. The minimum atomic E-state index is -0.515. The van der Waals surface area contributed by atoms with Gasteiger partial charge in [-0.3, -0.25) is 14.0 Å². The molecular formula is C27H25N5O2S. The van der Waals surface area contributed by atoms with Crippen LogP contribution in [0.3, 0.4) is 0 Å². The first-order chi connectivity index (χ1) is 16.9. The Hall–Kier alpha value is -3.91. The van der Waals surface area contributed by atoms with Gasteiger partial charge in [0.1, 0.15) is 5.25 Å². The van der Waals surface area contributed by atoms with E-state index >= 15 is 0 Å². The van der Waals surface area contributed by atoms with Crippen molar-refractivity contribution in [2.45, 2.75) is 24.3 Å². The second kappa shape index (κ2) is 9.03. The Morgan fingerprint density at radius 2 is 1.66 bits per heavy atom. The number of para-hydroxylation sites is 1. The standard InChI is InChI=1S/C27H25N5O2S/c1-17-14-15-18(2)22(16-17)31-24(33)20-12-8-9-13-21(20)32-26(31)28-29-27(32)35-23(25(34)30(3)4)19-10-6-5-7-11-19/h5-16,23H,1-4H3. The number of rotatable bonds is 5. The third-order valence-corrected chi connectivity index (χ3v) is 7.18. The highest BCUT2D eigenvalue weighted by atomic mass is 32.2. The van der Waals surface area contributed by atoms with Gasteiger partial charge in [0.2, 0.25) is 11.7 Å². The molecule has 1 amide bonds. The fourth-order valence-electron chi connectivity index (χ4n) is 4.16. The van der Waals surface area contributed by atoms with Crippen LogP contribution in [0.1, 0.15) is 21.9 Å². The molecule has 0 fully saturated rings. The van der Waals surface area contributed by atoms with Gasteiger partial charge in [0.05, 0.1) is 16.6 Å². The third kappa shape index (κ3) is 4.00. The molecule has 0 saturated carbocycles. The highest BCUT2D eigenvalue weighted by Gasteiger charge is 2.27. The maximum atomic E-state index is 13.7. The number of fused-ring (bicyclic) bond motifs is 3. The molecule has 35 heavy (non-hydrogen) atoms. The summed E-state index contributed by atoms with van der Waals surface area (Å²) in [7, 11) is 3.49. The van der Waals surface area contributed by atoms with E-state index in [0.29, 0.717) is 21.8 Å². The number of aryl methyl sites for hydroxylation is 2. The van der Waals surface area contributed by atoms with Crippen LogP contribution in [0.5, 0.6) is 0 Å². The molecule has 0 radical (unpaired) electrons. The lowest BCUT2D eigenvalue weighted by Crippen LogP contribution is -2.27. The molecule has 2 aromatic heterocycles. The van der Waals surface area contributed by atoms with Gasteiger partial charge in [0.25, 0.3) is 5.56 Å². The summed E-state index contributed by atoms with van der Waals surface area (Å²) in [4.78, 5) is 28.4. The van der Waals surface area contributed by atoms with Gasteiger partial charge in [-0.25, -0.2) is 4.57 Å². The average Bonchev–Trinajstić information content (AvgIpc) is 3.28. The van der Waals surface area contributed by atoms with Crippen LogP contribution in [0.4, 0.5) is 0 Å². The van der Waals surface area contributed by atoms with Gasteiger partial charge in [0, 0.05) is 14.1 Å². The van der Waals surface area contributed by atoms with Crippen molar-refractivity contribution in [1.29, 1.82) is 0 Å². The van der Waals surface area contributed by atoms with Gasteiger partial charge in [-0.05, 0) is 48.7 Å². The monoisotopic (exact) mass is 483 g/mol. The molecule has 1 unspecified atom stereocenters. The zero-order chi connectivity index (χ0) is 24.7. The lowest BCUT2D eigenvalue weighted by molar-refractivity contribution is -0.128. The number of hydrogen-bond donors (Lipinski definition) is 0. The van der Waals surface area contributed by atoms with Crippen LogP contribution in [0.15, 0.2) is 82.7 Å². The Balaban J connectivity index is 1.79. The number of hydrogen-bond acceptors (Lipinski definition) is 5. The highest BCUT2D eigenvalue weighted by molar-refractivity contribution is 8.00. The topological polar surface area (TPSA) is 72.5 Å². The van der Waals surface area contributed by atoms with E-state index < -0.39 is 5.25 Å². The summed E-state index contributed by atoms with van der Waals surface area (Å²) in [5.74, 6) is 0.360. The third-order valence-electron chi connectivity index (χ3n) is 5.99. The summed E-state index contributed by atoms with van der Waals surface area (Å²) in [6.07, 6.45) is 0. The van der Waals surface area contributed by atoms with Crippen LogP contribution in [0.25, 0.3) is 22.4 Å². The largest absolute Gasteiger partial charge is 0.348 e. The normalized spacial score (nSPS) is 12.2. The van der Waals surface area contributed by atoms with Gasteiger partial charge >= 0.3 is 0 Å². The number of carbonyl (C=O) groups excluding carboxylic acids is 1. The maximum Gasteiger partial charge on any atom is 0.267 e. The van der Waals surface area contributed by atoms with Crippen molar-refractivity contribution >= 4 is 34.3 Å². The Kier molecular flexibility index (Phi) is 5.90. The Bertz CT molecular complexity index is 1620. The summed E-state index contributed by atoms with van der Waals surface area (Å²) in [5, 5.41) is 9.51. The fourth-order valence-corrected chi connectivity index (χ4v) is 5.35. The molecule has 2 heterocycles. The molecule has 0 aliphatic rings. The van der Waals surface area contributed by atoms with E-state index in [0.717, 1.165) is 22.4 Å². The van der Waals surface area contributed by atoms with E-state index in [1.54, 1.807) is 23.6 Å². The minimum Gasteiger partial charge on any atom is -0.348 e. The first kappa shape index (κ1) is 22.9. The predicted octanol–water partition coefficient (Wildman–Crippen LogP) is 4.57. The molecular weight excluding hydrogens is 458 g/mol. The van der Waals surface area contributed by atoms with Crippen molar-refractivity contribution in [2.24, 2.45) is 0 Å². The van der Waals surface area contributed by atoms with E-state index in [1.807, 2.05) is 91.0 Å². The lowest BCUT2D eigenvalue weighted by atomic mass is 10.1. The van der Waals surface area contributed by atoms with Crippen LogP contribution in [-0.2, 0) is 4.79 Å². The second-order valence-corrected chi connectivity index (χ2v) is 9.78. The van der Waals surface area contributed by atoms with Gasteiger partial charge in [-0.1, -0.05) is 66.4 Å². The summed E-state index contributed by atoms with van der Waals surface area (Å²) >= 11 is 1.33. The number of carbonyl (C=O) groups is 1. The summed E-state index contributed by atoms with van der Waals surface area (Å²) in [6, 6.07) is 23.1. The number of aromatic nitrogens is 4. The van der Waals surface area contributed by atoms with Crippen LogP contribution in [0, 0.1) is 13.8 Å². The van der Waals surface area contributed by atoms with Crippen molar-refractivity contribution in [1.82, 2.24) is 24.1 Å². The van der Waals surface area contributed by atoms with Crippen LogP contribution in [0.2, 0.25) is 0 Å². The summed E-state index contributed by atoms with van der Waals surface area (Å²) in [6.45, 7) is 3.97. The van der Waals surface area contributed by atoms with E-state index in [9.17, 15) is 9.59 Å². The SMILES string of the molecule is Cc1ccc(C)c(-n2c(=O)c3ccccc3n3c(SC(C(=O)N(C)C)c4ccccc4)nnc23)c1. The molecule has 0 spiro atoms. The molecule has 7 nitrogen and oxygen atoms in total. The van der Waals surface area contributed by atoms with Crippen LogP contribution >= 0.6 is 11.8 Å². The van der Waals surface area contributed by atoms with E-state index in [2.05, 4.69) is 10.2 Å². The van der Waals surface area contributed by atoms with Gasteiger partial charge in [-0.15, -0.1) is 10.2 Å². The molecule has 0 saturated heterocycles. The lowest BCUT2D eigenvalue weighted by Gasteiger charge is -2.20. The zero-order valence-electron chi connectivity index (χ0n) is 20.0. The molecule has 0 bridgehead atoms.